The lowest BCUT2D eigenvalue weighted by Gasteiger charge is -2.28. The highest BCUT2D eigenvalue weighted by atomic mass is 32.2. The molecule has 0 bridgehead atoms. The summed E-state index contributed by atoms with van der Waals surface area (Å²) in [4.78, 5) is 0.0225. The second kappa shape index (κ2) is 7.55. The van der Waals surface area contributed by atoms with Gasteiger partial charge >= 0.3 is 0 Å². The fourth-order valence-electron chi connectivity index (χ4n) is 2.23. The van der Waals surface area contributed by atoms with E-state index < -0.39 is 15.6 Å². The van der Waals surface area contributed by atoms with E-state index in [9.17, 15) is 13.5 Å². The highest BCUT2D eigenvalue weighted by molar-refractivity contribution is 7.89. The first-order valence-electron chi connectivity index (χ1n) is 7.18. The highest BCUT2D eigenvalue weighted by Crippen LogP contribution is 2.21. The highest BCUT2D eigenvalue weighted by Gasteiger charge is 2.31. The molecule has 0 aliphatic heterocycles. The van der Waals surface area contributed by atoms with Gasteiger partial charge in [0.05, 0.1) is 23.1 Å². The van der Waals surface area contributed by atoms with Crippen LogP contribution in [0.2, 0.25) is 0 Å². The van der Waals surface area contributed by atoms with Crippen molar-refractivity contribution in [2.45, 2.75) is 10.5 Å². The molecule has 0 aliphatic rings. The summed E-state index contributed by atoms with van der Waals surface area (Å²) in [5.74, 6) is 0. The number of rotatable bonds is 7. The lowest BCUT2D eigenvalue weighted by Crippen LogP contribution is -2.43. The molecule has 0 amide bonds. The Morgan fingerprint density at radius 2 is 1.79 bits per heavy atom. The minimum absolute atomic E-state index is 0.0225. The molecule has 6 nitrogen and oxygen atoms in total. The minimum Gasteiger partial charge on any atom is -0.381 e. The molecule has 0 spiro atoms. The smallest absolute Gasteiger partial charge is 0.240 e. The van der Waals surface area contributed by atoms with Crippen LogP contribution in [0.3, 0.4) is 0 Å². The van der Waals surface area contributed by atoms with E-state index in [2.05, 4.69) is 4.72 Å². The first kappa shape index (κ1) is 18.1. The number of nitriles is 1. The molecule has 2 aromatic carbocycles. The molecule has 0 fully saturated rings. The standard InChI is InChI=1S/C17H18N2O4S/c1-23-13-17(20,15-5-3-2-4-6-15)12-19-24(21,22)16-9-7-14(11-18)8-10-16/h2-10,19-20H,12-13H2,1H3. The molecule has 1 unspecified atom stereocenters. The van der Waals surface area contributed by atoms with E-state index in [1.54, 1.807) is 30.3 Å². The summed E-state index contributed by atoms with van der Waals surface area (Å²) < 4.78 is 32.2. The van der Waals surface area contributed by atoms with Crippen LogP contribution in [0.1, 0.15) is 11.1 Å². The van der Waals surface area contributed by atoms with Gasteiger partial charge in [-0.25, -0.2) is 13.1 Å². The molecule has 0 aromatic heterocycles. The van der Waals surface area contributed by atoms with E-state index in [0.29, 0.717) is 11.1 Å². The van der Waals surface area contributed by atoms with Crippen LogP contribution in [0.25, 0.3) is 0 Å². The average Bonchev–Trinajstić information content (AvgIpc) is 2.61. The molecule has 2 rings (SSSR count). The molecule has 0 radical (unpaired) electrons. The van der Waals surface area contributed by atoms with E-state index >= 15 is 0 Å². The second-order valence-electron chi connectivity index (χ2n) is 5.29. The molecule has 2 aromatic rings. The lowest BCUT2D eigenvalue weighted by atomic mass is 9.95. The maximum atomic E-state index is 12.4. The summed E-state index contributed by atoms with van der Waals surface area (Å²) in [6.45, 7) is -0.305. The third kappa shape index (κ3) is 4.19. The number of hydrogen-bond donors (Lipinski definition) is 2. The predicted octanol–water partition coefficient (Wildman–Crippen LogP) is 1.37. The van der Waals surface area contributed by atoms with Crippen LogP contribution < -0.4 is 4.72 Å². The molecule has 0 saturated heterocycles. The van der Waals surface area contributed by atoms with Crippen LogP contribution >= 0.6 is 0 Å². The summed E-state index contributed by atoms with van der Waals surface area (Å²) in [5.41, 5.74) is -0.570. The molecule has 7 heteroatoms. The summed E-state index contributed by atoms with van der Waals surface area (Å²) >= 11 is 0. The van der Waals surface area contributed by atoms with Crippen LogP contribution in [-0.2, 0) is 20.4 Å². The normalized spacial score (nSPS) is 13.9. The quantitative estimate of drug-likeness (QED) is 0.789. The number of benzene rings is 2. The molecule has 0 saturated carbocycles. The van der Waals surface area contributed by atoms with Gasteiger partial charge in [0.2, 0.25) is 10.0 Å². The van der Waals surface area contributed by atoms with Gasteiger partial charge in [-0.3, -0.25) is 0 Å². The number of aliphatic hydroxyl groups is 1. The molecule has 1 atom stereocenters. The zero-order valence-electron chi connectivity index (χ0n) is 13.1. The van der Waals surface area contributed by atoms with Crippen LogP contribution in [0.5, 0.6) is 0 Å². The first-order valence-corrected chi connectivity index (χ1v) is 8.66. The van der Waals surface area contributed by atoms with Gasteiger partial charge in [0.15, 0.2) is 0 Å². The van der Waals surface area contributed by atoms with Crippen LogP contribution in [-0.4, -0.2) is 33.8 Å². The number of nitrogens with zero attached hydrogens (tertiary/aromatic N) is 1. The summed E-state index contributed by atoms with van der Waals surface area (Å²) in [6.07, 6.45) is 0. The third-order valence-corrected chi connectivity index (χ3v) is 4.96. The Balaban J connectivity index is 2.20. The monoisotopic (exact) mass is 346 g/mol. The van der Waals surface area contributed by atoms with Gasteiger partial charge in [-0.05, 0) is 29.8 Å². The summed E-state index contributed by atoms with van der Waals surface area (Å²) in [6, 6.07) is 16.2. The maximum Gasteiger partial charge on any atom is 0.240 e. The fraction of sp³-hybridized carbons (Fsp3) is 0.235. The lowest BCUT2D eigenvalue weighted by molar-refractivity contribution is -0.0310. The number of ether oxygens (including phenoxy) is 1. The Kier molecular flexibility index (Phi) is 5.70. The van der Waals surface area contributed by atoms with Crippen LogP contribution in [0, 0.1) is 11.3 Å². The second-order valence-corrected chi connectivity index (χ2v) is 7.06. The van der Waals surface area contributed by atoms with Crippen molar-refractivity contribution in [3.8, 4) is 6.07 Å². The van der Waals surface area contributed by atoms with Crippen molar-refractivity contribution in [3.63, 3.8) is 0 Å². The van der Waals surface area contributed by atoms with E-state index in [-0.39, 0.29) is 18.0 Å². The SMILES string of the molecule is COCC(O)(CNS(=O)(=O)c1ccc(C#N)cc1)c1ccccc1. The molecule has 2 N–H and O–H groups in total. The van der Waals surface area contributed by atoms with Gasteiger partial charge in [0.25, 0.3) is 0 Å². The van der Waals surface area contributed by atoms with E-state index in [4.69, 9.17) is 10.00 Å². The maximum absolute atomic E-state index is 12.4. The first-order chi connectivity index (χ1) is 11.4. The third-order valence-electron chi connectivity index (χ3n) is 3.54. The number of hydrogen-bond acceptors (Lipinski definition) is 5. The largest absolute Gasteiger partial charge is 0.381 e. The van der Waals surface area contributed by atoms with Crippen LogP contribution in [0.15, 0.2) is 59.5 Å². The zero-order valence-corrected chi connectivity index (χ0v) is 14.0. The predicted molar refractivity (Wildman–Crippen MR) is 88.6 cm³/mol. The number of methoxy groups -OCH3 is 1. The van der Waals surface area contributed by atoms with Gasteiger partial charge in [-0.15, -0.1) is 0 Å². The van der Waals surface area contributed by atoms with Crippen molar-refractivity contribution < 1.29 is 18.3 Å². The zero-order chi connectivity index (χ0) is 17.6. The van der Waals surface area contributed by atoms with Crippen molar-refractivity contribution in [3.05, 3.63) is 65.7 Å². The molecule has 24 heavy (non-hydrogen) atoms. The van der Waals surface area contributed by atoms with Gasteiger partial charge in [0.1, 0.15) is 5.60 Å². The minimum atomic E-state index is -3.82. The summed E-state index contributed by atoms with van der Waals surface area (Å²) in [7, 11) is -2.39. The van der Waals surface area contributed by atoms with Crippen molar-refractivity contribution in [1.82, 2.24) is 4.72 Å². The molecular formula is C17H18N2O4S. The van der Waals surface area contributed by atoms with Crippen molar-refractivity contribution >= 4 is 10.0 Å². The Labute approximate surface area is 141 Å². The van der Waals surface area contributed by atoms with Gasteiger partial charge in [-0.2, -0.15) is 5.26 Å². The molecule has 0 heterocycles. The van der Waals surface area contributed by atoms with Gasteiger partial charge in [-0.1, -0.05) is 30.3 Å². The number of sulfonamides is 1. The Bertz CT molecular complexity index is 814. The topological polar surface area (TPSA) is 99.4 Å². The van der Waals surface area contributed by atoms with Gasteiger partial charge in [0, 0.05) is 13.7 Å². The van der Waals surface area contributed by atoms with Crippen LogP contribution in [0.4, 0.5) is 0 Å². The molecule has 0 aliphatic carbocycles. The average molecular weight is 346 g/mol. The van der Waals surface area contributed by atoms with E-state index in [1.165, 1.54) is 31.4 Å². The van der Waals surface area contributed by atoms with Crippen molar-refractivity contribution in [2.75, 3.05) is 20.3 Å². The molecule has 126 valence electrons. The summed E-state index contributed by atoms with van der Waals surface area (Å²) in [5, 5.41) is 19.5. The Hall–Kier alpha value is -2.24. The molecular weight excluding hydrogens is 328 g/mol. The van der Waals surface area contributed by atoms with E-state index in [1.807, 2.05) is 6.07 Å². The Morgan fingerprint density at radius 3 is 2.33 bits per heavy atom. The van der Waals surface area contributed by atoms with Gasteiger partial charge < -0.3 is 9.84 Å². The van der Waals surface area contributed by atoms with E-state index in [0.717, 1.165) is 0 Å². The van der Waals surface area contributed by atoms with Crippen molar-refractivity contribution in [2.24, 2.45) is 0 Å². The number of nitrogens with one attached hydrogen (secondary N) is 1. The Morgan fingerprint density at radius 1 is 1.17 bits per heavy atom. The fourth-order valence-corrected chi connectivity index (χ4v) is 3.32. The van der Waals surface area contributed by atoms with Crippen molar-refractivity contribution in [1.29, 1.82) is 5.26 Å².